The van der Waals surface area contributed by atoms with Crippen LogP contribution < -0.4 is 10.6 Å². The monoisotopic (exact) mass is 457 g/mol. The van der Waals surface area contributed by atoms with E-state index in [0.717, 1.165) is 10.9 Å². The van der Waals surface area contributed by atoms with Gasteiger partial charge in [-0.1, -0.05) is 36.4 Å². The van der Waals surface area contributed by atoms with Crippen LogP contribution in [0.15, 0.2) is 72.9 Å². The van der Waals surface area contributed by atoms with Gasteiger partial charge in [-0.25, -0.2) is 14.1 Å². The van der Waals surface area contributed by atoms with Crippen molar-refractivity contribution in [3.8, 4) is 5.69 Å². The fourth-order valence-corrected chi connectivity index (χ4v) is 4.34. The third-order valence-electron chi connectivity index (χ3n) is 6.20. The van der Waals surface area contributed by atoms with Gasteiger partial charge in [0.2, 0.25) is 5.91 Å². The molecule has 0 bridgehead atoms. The third kappa shape index (κ3) is 4.66. The lowest BCUT2D eigenvalue weighted by Crippen LogP contribution is -2.39. The van der Waals surface area contributed by atoms with Crippen molar-refractivity contribution < 1.29 is 14.0 Å². The van der Waals surface area contributed by atoms with E-state index in [9.17, 15) is 14.0 Å². The highest BCUT2D eigenvalue weighted by atomic mass is 19.1. The van der Waals surface area contributed by atoms with E-state index < -0.39 is 0 Å². The van der Waals surface area contributed by atoms with E-state index in [-0.39, 0.29) is 29.6 Å². The molecule has 0 unspecified atom stereocenters. The van der Waals surface area contributed by atoms with Crippen molar-refractivity contribution in [2.45, 2.75) is 31.7 Å². The van der Waals surface area contributed by atoms with Crippen LogP contribution in [0.3, 0.4) is 0 Å². The van der Waals surface area contributed by atoms with E-state index in [4.69, 9.17) is 0 Å². The van der Waals surface area contributed by atoms with Crippen LogP contribution in [0, 0.1) is 11.7 Å². The molecule has 2 aromatic carbocycles. The molecule has 0 aliphatic heterocycles. The van der Waals surface area contributed by atoms with Crippen molar-refractivity contribution in [3.63, 3.8) is 0 Å². The van der Waals surface area contributed by atoms with Gasteiger partial charge in [-0.15, -0.1) is 5.10 Å². The fourth-order valence-electron chi connectivity index (χ4n) is 4.34. The maximum atomic E-state index is 14.0. The van der Waals surface area contributed by atoms with Crippen LogP contribution in [0.4, 0.5) is 10.2 Å². The molecule has 7 nitrogen and oxygen atoms in total. The Morgan fingerprint density at radius 2 is 1.68 bits per heavy atom. The molecule has 34 heavy (non-hydrogen) atoms. The van der Waals surface area contributed by atoms with Crippen molar-refractivity contribution in [3.05, 3.63) is 84.4 Å². The fraction of sp³-hybridized carbons (Fsp3) is 0.231. The molecule has 2 amide bonds. The zero-order chi connectivity index (χ0) is 23.5. The Labute approximate surface area is 196 Å². The second-order valence-electron chi connectivity index (χ2n) is 8.50. The summed E-state index contributed by atoms with van der Waals surface area (Å²) in [5.74, 6) is -0.476. The largest absolute Gasteiger partial charge is 0.348 e. The standard InChI is InChI=1S/C26H24FN5O2/c27-20-6-2-4-8-23(20)32-16-15-24(31-32)30-25(33)18-9-12-19(13-10-18)28-26(34)22-14-11-17-5-1-3-7-21(17)29-22/h1-8,11,14-16,18-19H,9-10,12-13H2,(H,28,34)(H,30,31,33)/t18-,19+. The predicted octanol–water partition coefficient (Wildman–Crippen LogP) is 4.49. The van der Waals surface area contributed by atoms with E-state index in [2.05, 4.69) is 20.7 Å². The molecule has 1 aliphatic carbocycles. The highest BCUT2D eigenvalue weighted by Gasteiger charge is 2.28. The first-order valence-corrected chi connectivity index (χ1v) is 11.3. The Bertz CT molecular complexity index is 1340. The van der Waals surface area contributed by atoms with Crippen molar-refractivity contribution in [1.82, 2.24) is 20.1 Å². The number of carbonyl (C=O) groups excluding carboxylic acids is 2. The Morgan fingerprint density at radius 1 is 0.912 bits per heavy atom. The van der Waals surface area contributed by atoms with Crippen LogP contribution in [0.1, 0.15) is 36.2 Å². The molecule has 2 heterocycles. The van der Waals surface area contributed by atoms with Gasteiger partial charge in [0.15, 0.2) is 5.82 Å². The second-order valence-corrected chi connectivity index (χ2v) is 8.50. The maximum absolute atomic E-state index is 14.0. The number of anilines is 1. The summed E-state index contributed by atoms with van der Waals surface area (Å²) in [6.07, 6.45) is 4.36. The van der Waals surface area contributed by atoms with Gasteiger partial charge in [0.25, 0.3) is 5.91 Å². The summed E-state index contributed by atoms with van der Waals surface area (Å²) in [5.41, 5.74) is 1.50. The number of nitrogens with one attached hydrogen (secondary N) is 2. The Morgan fingerprint density at radius 3 is 2.50 bits per heavy atom. The summed E-state index contributed by atoms with van der Waals surface area (Å²) in [4.78, 5) is 29.8. The van der Waals surface area contributed by atoms with Crippen LogP contribution in [-0.2, 0) is 4.79 Å². The van der Waals surface area contributed by atoms with Crippen LogP contribution in [0.25, 0.3) is 16.6 Å². The number of halogens is 1. The predicted molar refractivity (Wildman–Crippen MR) is 127 cm³/mol. The number of nitrogens with zero attached hydrogens (tertiary/aromatic N) is 3. The number of fused-ring (bicyclic) bond motifs is 1. The van der Waals surface area contributed by atoms with Crippen LogP contribution in [0.5, 0.6) is 0 Å². The SMILES string of the molecule is O=C(N[C@H]1CC[C@@H](C(=O)Nc2ccn(-c3ccccc3F)n2)CC1)c1ccc2ccccc2n1. The molecule has 8 heteroatoms. The highest BCUT2D eigenvalue weighted by molar-refractivity contribution is 5.95. The minimum Gasteiger partial charge on any atom is -0.348 e. The topological polar surface area (TPSA) is 88.9 Å². The number of rotatable bonds is 5. The number of amides is 2. The van der Waals surface area contributed by atoms with Crippen LogP contribution >= 0.6 is 0 Å². The van der Waals surface area contributed by atoms with Gasteiger partial charge in [0, 0.05) is 29.6 Å². The smallest absolute Gasteiger partial charge is 0.270 e. The van der Waals surface area contributed by atoms with Gasteiger partial charge in [0.1, 0.15) is 17.2 Å². The molecule has 0 spiro atoms. The Balaban J connectivity index is 1.14. The minimum absolute atomic E-state index is 0.00471. The van der Waals surface area contributed by atoms with E-state index in [0.29, 0.717) is 42.9 Å². The Hall–Kier alpha value is -4.07. The van der Waals surface area contributed by atoms with Gasteiger partial charge in [-0.05, 0) is 49.9 Å². The average Bonchev–Trinajstić information content (AvgIpc) is 3.32. The van der Waals surface area contributed by atoms with Gasteiger partial charge >= 0.3 is 0 Å². The molecule has 2 N–H and O–H groups in total. The van der Waals surface area contributed by atoms with Gasteiger partial charge in [-0.2, -0.15) is 0 Å². The van der Waals surface area contributed by atoms with Crippen LogP contribution in [-0.4, -0.2) is 32.6 Å². The zero-order valence-electron chi connectivity index (χ0n) is 18.4. The summed E-state index contributed by atoms with van der Waals surface area (Å²) in [5, 5.41) is 11.1. The van der Waals surface area contributed by atoms with Crippen LogP contribution in [0.2, 0.25) is 0 Å². The molecule has 0 atom stereocenters. The summed E-state index contributed by atoms with van der Waals surface area (Å²) in [6, 6.07) is 19.3. The first-order valence-electron chi connectivity index (χ1n) is 11.3. The molecule has 2 aromatic heterocycles. The summed E-state index contributed by atoms with van der Waals surface area (Å²) >= 11 is 0. The summed E-state index contributed by atoms with van der Waals surface area (Å²) < 4.78 is 15.4. The van der Waals surface area contributed by atoms with E-state index >= 15 is 0 Å². The molecular weight excluding hydrogens is 433 g/mol. The maximum Gasteiger partial charge on any atom is 0.270 e. The summed E-state index contributed by atoms with van der Waals surface area (Å²) in [6.45, 7) is 0. The molecular formula is C26H24FN5O2. The molecule has 0 radical (unpaired) electrons. The van der Waals surface area contributed by atoms with E-state index in [1.54, 1.807) is 36.5 Å². The van der Waals surface area contributed by atoms with Gasteiger partial charge < -0.3 is 10.6 Å². The molecule has 1 aliphatic rings. The molecule has 172 valence electrons. The molecule has 4 aromatic rings. The van der Waals surface area contributed by atoms with Gasteiger partial charge in [-0.3, -0.25) is 9.59 Å². The number of benzene rings is 2. The van der Waals surface area contributed by atoms with E-state index in [1.807, 2.05) is 30.3 Å². The number of aromatic nitrogens is 3. The number of hydrogen-bond donors (Lipinski definition) is 2. The molecule has 5 rings (SSSR count). The lowest BCUT2D eigenvalue weighted by atomic mass is 9.85. The highest BCUT2D eigenvalue weighted by Crippen LogP contribution is 2.26. The minimum atomic E-state index is -0.386. The first-order chi connectivity index (χ1) is 16.6. The number of carbonyl (C=O) groups is 2. The van der Waals surface area contributed by atoms with E-state index in [1.165, 1.54) is 10.7 Å². The van der Waals surface area contributed by atoms with Crippen molar-refractivity contribution in [2.75, 3.05) is 5.32 Å². The number of hydrogen-bond acceptors (Lipinski definition) is 4. The normalized spacial score (nSPS) is 17.9. The number of para-hydroxylation sites is 2. The van der Waals surface area contributed by atoms with Crippen molar-refractivity contribution >= 4 is 28.5 Å². The molecule has 1 saturated carbocycles. The first kappa shape index (κ1) is 21.8. The zero-order valence-corrected chi connectivity index (χ0v) is 18.4. The molecule has 1 fully saturated rings. The average molecular weight is 458 g/mol. The second kappa shape index (κ2) is 9.43. The summed E-state index contributed by atoms with van der Waals surface area (Å²) in [7, 11) is 0. The van der Waals surface area contributed by atoms with Crippen molar-refractivity contribution in [1.29, 1.82) is 0 Å². The van der Waals surface area contributed by atoms with Crippen molar-refractivity contribution in [2.24, 2.45) is 5.92 Å². The Kier molecular flexibility index (Phi) is 6.03. The lowest BCUT2D eigenvalue weighted by molar-refractivity contribution is -0.120. The third-order valence-corrected chi connectivity index (χ3v) is 6.20. The molecule has 0 saturated heterocycles. The lowest BCUT2D eigenvalue weighted by Gasteiger charge is -2.28. The van der Waals surface area contributed by atoms with Gasteiger partial charge in [0.05, 0.1) is 5.52 Å². The quantitative estimate of drug-likeness (QED) is 0.462. The number of pyridine rings is 1.